The van der Waals surface area contributed by atoms with Crippen LogP contribution in [0, 0.1) is 0 Å². The maximum atomic E-state index is 11.1. The first-order valence-electron chi connectivity index (χ1n) is 4.34. The lowest BCUT2D eigenvalue weighted by molar-refractivity contribution is -0.158. The Balaban J connectivity index is 3.90. The van der Waals surface area contributed by atoms with Crippen LogP contribution in [-0.2, 0) is 14.3 Å². The second kappa shape index (κ2) is 5.36. The van der Waals surface area contributed by atoms with Crippen LogP contribution in [-0.4, -0.2) is 28.5 Å². The van der Waals surface area contributed by atoms with Crippen LogP contribution in [0.5, 0.6) is 0 Å². The third kappa shape index (κ3) is 6.91. The summed E-state index contributed by atoms with van der Waals surface area (Å²) in [4.78, 5) is 21.5. The van der Waals surface area contributed by atoms with E-state index < -0.39 is 18.0 Å². The van der Waals surface area contributed by atoms with Crippen molar-refractivity contribution >= 4 is 23.7 Å². The summed E-state index contributed by atoms with van der Waals surface area (Å²) in [6, 6.07) is -0.733. The van der Waals surface area contributed by atoms with Crippen molar-refractivity contribution in [1.29, 1.82) is 0 Å². The molecule has 0 amide bonds. The van der Waals surface area contributed by atoms with Crippen LogP contribution in [0.1, 0.15) is 27.7 Å². The average molecular weight is 219 g/mol. The van der Waals surface area contributed by atoms with Gasteiger partial charge in [0.25, 0.3) is 0 Å². The van der Waals surface area contributed by atoms with Gasteiger partial charge in [-0.3, -0.25) is 4.79 Å². The predicted molar refractivity (Wildman–Crippen MR) is 57.0 cm³/mol. The molecule has 0 saturated carbocycles. The lowest BCUT2D eigenvalue weighted by Crippen LogP contribution is -2.36. The lowest BCUT2D eigenvalue weighted by Gasteiger charge is -2.19. The van der Waals surface area contributed by atoms with Crippen LogP contribution in [0.2, 0.25) is 0 Å². The fourth-order valence-corrected chi connectivity index (χ4v) is 1.44. The molecule has 0 radical (unpaired) electrons. The minimum atomic E-state index is -0.733. The molecule has 0 aromatic carbocycles. The summed E-state index contributed by atoms with van der Waals surface area (Å²) in [6.45, 7) is 7.27. The summed E-state index contributed by atoms with van der Waals surface area (Å²) in [5.41, 5.74) is 5.53. The number of carbonyl (C=O) groups excluding carboxylic acids is 2. The third-order valence-corrected chi connectivity index (χ3v) is 2.63. The molecule has 4 nitrogen and oxygen atoms in total. The molecule has 14 heavy (non-hydrogen) atoms. The predicted octanol–water partition coefficient (Wildman–Crippen LogP) is 0.935. The zero-order chi connectivity index (χ0) is 11.4. The minimum absolute atomic E-state index is 0.0497. The van der Waals surface area contributed by atoms with Crippen molar-refractivity contribution in [2.75, 3.05) is 5.75 Å². The van der Waals surface area contributed by atoms with Gasteiger partial charge >= 0.3 is 11.9 Å². The highest BCUT2D eigenvalue weighted by molar-refractivity contribution is 8.00. The van der Waals surface area contributed by atoms with E-state index in [1.807, 2.05) is 20.8 Å². The van der Waals surface area contributed by atoms with Gasteiger partial charge in [-0.1, -0.05) is 20.8 Å². The zero-order valence-corrected chi connectivity index (χ0v) is 9.81. The van der Waals surface area contributed by atoms with E-state index in [4.69, 9.17) is 5.73 Å². The summed E-state index contributed by atoms with van der Waals surface area (Å²) >= 11 is 1.56. The van der Waals surface area contributed by atoms with Crippen LogP contribution in [0.3, 0.4) is 0 Å². The highest BCUT2D eigenvalue weighted by atomic mass is 32.2. The molecule has 0 rings (SSSR count). The molecule has 0 aliphatic rings. The summed E-state index contributed by atoms with van der Waals surface area (Å²) in [7, 11) is 0. The Labute approximate surface area is 88.6 Å². The van der Waals surface area contributed by atoms with Gasteiger partial charge < -0.3 is 10.5 Å². The molecule has 5 heteroatoms. The molecule has 2 N–H and O–H groups in total. The van der Waals surface area contributed by atoms with E-state index in [9.17, 15) is 9.59 Å². The summed E-state index contributed by atoms with van der Waals surface area (Å²) in [6.07, 6.45) is 0. The Morgan fingerprint density at radius 3 is 2.29 bits per heavy atom. The van der Waals surface area contributed by atoms with Crippen molar-refractivity contribution < 1.29 is 14.3 Å². The van der Waals surface area contributed by atoms with Crippen LogP contribution in [0.15, 0.2) is 0 Å². The highest BCUT2D eigenvalue weighted by Gasteiger charge is 2.20. The maximum absolute atomic E-state index is 11.1. The van der Waals surface area contributed by atoms with E-state index >= 15 is 0 Å². The van der Waals surface area contributed by atoms with Gasteiger partial charge in [-0.15, -0.1) is 0 Å². The van der Waals surface area contributed by atoms with E-state index in [2.05, 4.69) is 4.74 Å². The number of thioether (sulfide) groups is 1. The van der Waals surface area contributed by atoms with Gasteiger partial charge in [-0.25, -0.2) is 4.79 Å². The SMILES string of the molecule is CC(=O)OC(=O)C(N)CSC(C)(C)C. The molecule has 0 aromatic rings. The first-order valence-corrected chi connectivity index (χ1v) is 5.33. The molecule has 82 valence electrons. The van der Waals surface area contributed by atoms with Crippen LogP contribution >= 0.6 is 11.8 Å². The first kappa shape index (κ1) is 13.4. The van der Waals surface area contributed by atoms with E-state index in [0.717, 1.165) is 0 Å². The van der Waals surface area contributed by atoms with Crippen molar-refractivity contribution in [3.8, 4) is 0 Å². The Kier molecular flexibility index (Phi) is 5.15. The fraction of sp³-hybridized carbons (Fsp3) is 0.778. The first-order chi connectivity index (χ1) is 6.22. The van der Waals surface area contributed by atoms with E-state index in [1.165, 1.54) is 6.92 Å². The molecule has 0 aromatic heterocycles. The fourth-order valence-electron chi connectivity index (χ4n) is 0.625. The average Bonchev–Trinajstić information content (AvgIpc) is 1.97. The number of esters is 2. The molecule has 0 saturated heterocycles. The molecule has 1 unspecified atom stereocenters. The van der Waals surface area contributed by atoms with Crippen molar-refractivity contribution in [2.24, 2.45) is 5.73 Å². The Bertz CT molecular complexity index is 223. The Morgan fingerprint density at radius 1 is 1.43 bits per heavy atom. The Morgan fingerprint density at radius 2 is 1.93 bits per heavy atom. The number of rotatable bonds is 3. The molecular formula is C9H17NO3S. The van der Waals surface area contributed by atoms with E-state index in [0.29, 0.717) is 5.75 Å². The van der Waals surface area contributed by atoms with Crippen molar-refractivity contribution in [1.82, 2.24) is 0 Å². The summed E-state index contributed by atoms with van der Waals surface area (Å²) < 4.78 is 4.41. The number of hydrogen-bond donors (Lipinski definition) is 1. The van der Waals surface area contributed by atoms with Gasteiger partial charge in [0, 0.05) is 17.4 Å². The third-order valence-electron chi connectivity index (χ3n) is 1.24. The lowest BCUT2D eigenvalue weighted by atomic mass is 10.3. The molecule has 0 fully saturated rings. The largest absolute Gasteiger partial charge is 0.392 e. The molecule has 1 atom stereocenters. The molecule has 0 aliphatic heterocycles. The maximum Gasteiger partial charge on any atom is 0.331 e. The normalized spacial score (nSPS) is 13.5. The van der Waals surface area contributed by atoms with Gasteiger partial charge in [0.15, 0.2) is 0 Å². The molecule has 0 heterocycles. The van der Waals surface area contributed by atoms with Crippen LogP contribution in [0.4, 0.5) is 0 Å². The van der Waals surface area contributed by atoms with Gasteiger partial charge in [-0.05, 0) is 0 Å². The van der Waals surface area contributed by atoms with Crippen molar-refractivity contribution in [3.05, 3.63) is 0 Å². The Hall–Kier alpha value is -0.550. The van der Waals surface area contributed by atoms with E-state index in [-0.39, 0.29) is 4.75 Å². The van der Waals surface area contributed by atoms with Gasteiger partial charge in [0.2, 0.25) is 0 Å². The molecule has 0 bridgehead atoms. The second-order valence-electron chi connectivity index (χ2n) is 3.94. The van der Waals surface area contributed by atoms with E-state index in [1.54, 1.807) is 11.8 Å². The van der Waals surface area contributed by atoms with Gasteiger partial charge in [0.1, 0.15) is 6.04 Å². The number of ether oxygens (including phenoxy) is 1. The number of carbonyl (C=O) groups is 2. The standard InChI is InChI=1S/C9H17NO3S/c1-6(11)13-8(12)7(10)5-14-9(2,3)4/h7H,5,10H2,1-4H3. The minimum Gasteiger partial charge on any atom is -0.392 e. The number of hydrogen-bond acceptors (Lipinski definition) is 5. The molecular weight excluding hydrogens is 202 g/mol. The van der Waals surface area contributed by atoms with Crippen molar-refractivity contribution in [2.45, 2.75) is 38.5 Å². The topological polar surface area (TPSA) is 69.4 Å². The van der Waals surface area contributed by atoms with Crippen LogP contribution < -0.4 is 5.73 Å². The molecule has 0 aliphatic carbocycles. The highest BCUT2D eigenvalue weighted by Crippen LogP contribution is 2.23. The monoisotopic (exact) mass is 219 g/mol. The smallest absolute Gasteiger partial charge is 0.331 e. The summed E-state index contributed by atoms with van der Waals surface area (Å²) in [5.74, 6) is -0.823. The van der Waals surface area contributed by atoms with Gasteiger partial charge in [-0.2, -0.15) is 11.8 Å². The summed E-state index contributed by atoms with van der Waals surface area (Å²) in [5, 5.41) is 0. The second-order valence-corrected chi connectivity index (χ2v) is 5.79. The van der Waals surface area contributed by atoms with Gasteiger partial charge in [0.05, 0.1) is 0 Å². The number of nitrogens with two attached hydrogens (primary N) is 1. The zero-order valence-electron chi connectivity index (χ0n) is 8.99. The van der Waals surface area contributed by atoms with Crippen molar-refractivity contribution in [3.63, 3.8) is 0 Å². The quantitative estimate of drug-likeness (QED) is 0.565. The molecule has 0 spiro atoms. The van der Waals surface area contributed by atoms with Crippen LogP contribution in [0.25, 0.3) is 0 Å².